The van der Waals surface area contributed by atoms with Crippen molar-refractivity contribution in [2.45, 2.75) is 13.0 Å². The topological polar surface area (TPSA) is 51.5 Å². The van der Waals surface area contributed by atoms with Crippen LogP contribution in [-0.2, 0) is 4.74 Å². The second-order valence-corrected chi connectivity index (χ2v) is 4.98. The Balaban J connectivity index is 1.98. The van der Waals surface area contributed by atoms with E-state index >= 15 is 0 Å². The summed E-state index contributed by atoms with van der Waals surface area (Å²) in [5, 5.41) is 9.08. The van der Waals surface area contributed by atoms with E-state index < -0.39 is 0 Å². The van der Waals surface area contributed by atoms with Crippen LogP contribution in [0.4, 0.5) is 0 Å². The van der Waals surface area contributed by atoms with Crippen LogP contribution in [0, 0.1) is 11.3 Å². The van der Waals surface area contributed by atoms with Gasteiger partial charge in [-0.2, -0.15) is 5.26 Å². The molecule has 2 aromatic carbocycles. The molecule has 0 N–H and O–H groups in total. The van der Waals surface area contributed by atoms with Gasteiger partial charge in [-0.1, -0.05) is 18.2 Å². The first-order chi connectivity index (χ1) is 10.8. The standard InChI is InChI=1S/C18H17NO3/c1-2-20-18(14-5-3-4-13(10-14)12-19)15-6-7-16-17(11-15)22-9-8-21-16/h3-7,10-11,18H,2,8-9H2,1H3. The Hall–Kier alpha value is -2.51. The van der Waals surface area contributed by atoms with Gasteiger partial charge in [0.25, 0.3) is 0 Å². The predicted molar refractivity (Wildman–Crippen MR) is 82.1 cm³/mol. The Labute approximate surface area is 129 Å². The van der Waals surface area contributed by atoms with Crippen molar-refractivity contribution in [1.82, 2.24) is 0 Å². The van der Waals surface area contributed by atoms with E-state index in [0.717, 1.165) is 22.6 Å². The fraction of sp³-hybridized carbons (Fsp3) is 0.278. The number of ether oxygens (including phenoxy) is 3. The SMILES string of the molecule is CCOC(c1cccc(C#N)c1)c1ccc2c(c1)OCCO2. The normalized spacial score (nSPS) is 14.2. The number of nitrogens with zero attached hydrogens (tertiary/aromatic N) is 1. The van der Waals surface area contributed by atoms with E-state index in [1.807, 2.05) is 43.3 Å². The summed E-state index contributed by atoms with van der Waals surface area (Å²) in [7, 11) is 0. The van der Waals surface area contributed by atoms with Gasteiger partial charge >= 0.3 is 0 Å². The summed E-state index contributed by atoms with van der Waals surface area (Å²) in [6.07, 6.45) is -0.228. The molecule has 0 amide bonds. The number of hydrogen-bond acceptors (Lipinski definition) is 4. The van der Waals surface area contributed by atoms with E-state index in [0.29, 0.717) is 25.4 Å². The van der Waals surface area contributed by atoms with Crippen molar-refractivity contribution in [3.8, 4) is 17.6 Å². The minimum atomic E-state index is -0.228. The zero-order valence-electron chi connectivity index (χ0n) is 12.4. The fourth-order valence-electron chi connectivity index (χ4n) is 2.55. The van der Waals surface area contributed by atoms with Gasteiger partial charge in [0.2, 0.25) is 0 Å². The molecule has 2 aromatic rings. The molecule has 112 valence electrons. The summed E-state index contributed by atoms with van der Waals surface area (Å²) in [5.74, 6) is 1.50. The molecule has 0 aromatic heterocycles. The largest absolute Gasteiger partial charge is 0.486 e. The highest BCUT2D eigenvalue weighted by molar-refractivity contribution is 5.47. The average Bonchev–Trinajstić information content (AvgIpc) is 2.59. The number of nitriles is 1. The van der Waals surface area contributed by atoms with Gasteiger partial charge in [-0.25, -0.2) is 0 Å². The molecule has 0 bridgehead atoms. The summed E-state index contributed by atoms with van der Waals surface area (Å²) < 4.78 is 17.1. The van der Waals surface area contributed by atoms with E-state index in [-0.39, 0.29) is 6.10 Å². The first-order valence-electron chi connectivity index (χ1n) is 7.33. The molecule has 0 radical (unpaired) electrons. The Morgan fingerprint density at radius 2 is 1.86 bits per heavy atom. The lowest BCUT2D eigenvalue weighted by atomic mass is 9.99. The van der Waals surface area contributed by atoms with Crippen LogP contribution in [0.1, 0.15) is 29.7 Å². The van der Waals surface area contributed by atoms with Crippen LogP contribution in [0.5, 0.6) is 11.5 Å². The highest BCUT2D eigenvalue weighted by atomic mass is 16.6. The van der Waals surface area contributed by atoms with E-state index in [2.05, 4.69) is 6.07 Å². The molecular formula is C18H17NO3. The van der Waals surface area contributed by atoms with Gasteiger partial charge in [0.05, 0.1) is 11.6 Å². The van der Waals surface area contributed by atoms with E-state index in [1.165, 1.54) is 0 Å². The second-order valence-electron chi connectivity index (χ2n) is 4.98. The van der Waals surface area contributed by atoms with Crippen LogP contribution in [0.3, 0.4) is 0 Å². The summed E-state index contributed by atoms with van der Waals surface area (Å²) in [5.41, 5.74) is 2.57. The van der Waals surface area contributed by atoms with Crippen molar-refractivity contribution < 1.29 is 14.2 Å². The second kappa shape index (κ2) is 6.50. The van der Waals surface area contributed by atoms with Crippen LogP contribution < -0.4 is 9.47 Å². The third kappa shape index (κ3) is 2.90. The first kappa shape index (κ1) is 14.4. The minimum Gasteiger partial charge on any atom is -0.486 e. The van der Waals surface area contributed by atoms with Gasteiger partial charge in [-0.3, -0.25) is 0 Å². The third-order valence-corrected chi connectivity index (χ3v) is 3.52. The first-order valence-corrected chi connectivity index (χ1v) is 7.33. The molecule has 4 nitrogen and oxygen atoms in total. The Kier molecular flexibility index (Phi) is 4.27. The number of rotatable bonds is 4. The molecule has 0 fully saturated rings. The lowest BCUT2D eigenvalue weighted by molar-refractivity contribution is 0.0906. The maximum atomic E-state index is 9.08. The summed E-state index contributed by atoms with van der Waals surface area (Å²) in [6, 6.07) is 15.5. The lowest BCUT2D eigenvalue weighted by Gasteiger charge is -2.22. The zero-order valence-corrected chi connectivity index (χ0v) is 12.4. The van der Waals surface area contributed by atoms with Gasteiger partial charge in [0.15, 0.2) is 11.5 Å². The maximum absolute atomic E-state index is 9.08. The molecule has 1 unspecified atom stereocenters. The van der Waals surface area contributed by atoms with Crippen LogP contribution in [0.15, 0.2) is 42.5 Å². The monoisotopic (exact) mass is 295 g/mol. The summed E-state index contributed by atoms with van der Waals surface area (Å²) in [4.78, 5) is 0. The molecule has 1 heterocycles. The molecule has 1 aliphatic heterocycles. The molecule has 22 heavy (non-hydrogen) atoms. The Bertz CT molecular complexity index is 706. The molecule has 0 aliphatic carbocycles. The van der Waals surface area contributed by atoms with Crippen LogP contribution in [-0.4, -0.2) is 19.8 Å². The van der Waals surface area contributed by atoms with Crippen molar-refractivity contribution in [2.24, 2.45) is 0 Å². The van der Waals surface area contributed by atoms with Crippen molar-refractivity contribution >= 4 is 0 Å². The average molecular weight is 295 g/mol. The highest BCUT2D eigenvalue weighted by Gasteiger charge is 2.19. The molecule has 4 heteroatoms. The predicted octanol–water partition coefficient (Wildman–Crippen LogP) is 3.46. The van der Waals surface area contributed by atoms with Gasteiger partial charge in [0.1, 0.15) is 19.3 Å². The van der Waals surface area contributed by atoms with Gasteiger partial charge < -0.3 is 14.2 Å². The quantitative estimate of drug-likeness (QED) is 0.867. The van der Waals surface area contributed by atoms with Gasteiger partial charge in [-0.15, -0.1) is 0 Å². The van der Waals surface area contributed by atoms with Crippen molar-refractivity contribution in [3.63, 3.8) is 0 Å². The van der Waals surface area contributed by atoms with Gasteiger partial charge in [0, 0.05) is 6.61 Å². The van der Waals surface area contributed by atoms with Crippen molar-refractivity contribution in [1.29, 1.82) is 5.26 Å². The zero-order chi connectivity index (χ0) is 15.4. The lowest BCUT2D eigenvalue weighted by Crippen LogP contribution is -2.16. The number of hydrogen-bond donors (Lipinski definition) is 0. The van der Waals surface area contributed by atoms with Crippen LogP contribution >= 0.6 is 0 Å². The van der Waals surface area contributed by atoms with E-state index in [4.69, 9.17) is 19.5 Å². The van der Waals surface area contributed by atoms with E-state index in [1.54, 1.807) is 6.07 Å². The minimum absolute atomic E-state index is 0.228. The molecule has 3 rings (SSSR count). The number of fused-ring (bicyclic) bond motifs is 1. The third-order valence-electron chi connectivity index (χ3n) is 3.52. The molecule has 0 saturated heterocycles. The Morgan fingerprint density at radius 3 is 2.64 bits per heavy atom. The van der Waals surface area contributed by atoms with Gasteiger partial charge in [-0.05, 0) is 42.3 Å². The fourth-order valence-corrected chi connectivity index (χ4v) is 2.55. The van der Waals surface area contributed by atoms with Crippen molar-refractivity contribution in [2.75, 3.05) is 19.8 Å². The molecule has 1 aliphatic rings. The molecule has 0 saturated carbocycles. The van der Waals surface area contributed by atoms with E-state index in [9.17, 15) is 0 Å². The highest BCUT2D eigenvalue weighted by Crippen LogP contribution is 2.35. The molecule has 0 spiro atoms. The van der Waals surface area contributed by atoms with Crippen LogP contribution in [0.25, 0.3) is 0 Å². The number of benzene rings is 2. The van der Waals surface area contributed by atoms with Crippen molar-refractivity contribution in [3.05, 3.63) is 59.2 Å². The maximum Gasteiger partial charge on any atom is 0.161 e. The van der Waals surface area contributed by atoms with Crippen LogP contribution in [0.2, 0.25) is 0 Å². The summed E-state index contributed by atoms with van der Waals surface area (Å²) >= 11 is 0. The molecular weight excluding hydrogens is 278 g/mol. The Morgan fingerprint density at radius 1 is 1.09 bits per heavy atom. The smallest absolute Gasteiger partial charge is 0.161 e. The molecule has 1 atom stereocenters. The summed E-state index contributed by atoms with van der Waals surface area (Å²) in [6.45, 7) is 3.67.